The summed E-state index contributed by atoms with van der Waals surface area (Å²) < 4.78 is 13.1. The second-order valence-electron chi connectivity index (χ2n) is 6.78. The molecule has 1 unspecified atom stereocenters. The number of rotatable bonds is 7. The van der Waals surface area contributed by atoms with Crippen molar-refractivity contribution in [3.63, 3.8) is 0 Å². The Labute approximate surface area is 181 Å². The normalized spacial score (nSPS) is 13.0. The minimum atomic E-state index is -0.217. The number of thioether (sulfide) groups is 2. The van der Waals surface area contributed by atoms with Crippen molar-refractivity contribution < 1.29 is 4.39 Å². The molecule has 0 spiro atoms. The van der Waals surface area contributed by atoms with Crippen LogP contribution < -0.4 is 0 Å². The Morgan fingerprint density at radius 3 is 2.34 bits per heavy atom. The van der Waals surface area contributed by atoms with Gasteiger partial charge in [0.1, 0.15) is 5.82 Å². The van der Waals surface area contributed by atoms with E-state index in [1.807, 2.05) is 29.7 Å². The van der Waals surface area contributed by atoms with Gasteiger partial charge in [0.05, 0.1) is 10.7 Å². The van der Waals surface area contributed by atoms with Gasteiger partial charge < -0.3 is 0 Å². The Hall–Kier alpha value is -2.30. The molecule has 0 aliphatic heterocycles. The van der Waals surface area contributed by atoms with Crippen LogP contribution in [0.15, 0.2) is 100 Å². The first-order valence-corrected chi connectivity index (χ1v) is 11.4. The first-order chi connectivity index (χ1) is 14.1. The summed E-state index contributed by atoms with van der Waals surface area (Å²) in [5, 5.41) is 2.98. The second-order valence-corrected chi connectivity index (χ2v) is 8.80. The fraction of sp³-hybridized carbons (Fsp3) is 0.160. The van der Waals surface area contributed by atoms with E-state index >= 15 is 0 Å². The number of nitrogens with zero attached hydrogens (tertiary/aromatic N) is 1. The fourth-order valence-electron chi connectivity index (χ4n) is 2.64. The summed E-state index contributed by atoms with van der Waals surface area (Å²) in [5.41, 5.74) is 3.50. The molecule has 0 heterocycles. The van der Waals surface area contributed by atoms with Gasteiger partial charge in [-0.3, -0.25) is 0 Å². The molecule has 3 rings (SSSR count). The Morgan fingerprint density at radius 1 is 0.966 bits per heavy atom. The zero-order chi connectivity index (χ0) is 20.5. The first kappa shape index (κ1) is 21.4. The highest BCUT2D eigenvalue weighted by molar-refractivity contribution is 8.14. The van der Waals surface area contributed by atoms with E-state index in [9.17, 15) is 4.39 Å². The van der Waals surface area contributed by atoms with Crippen LogP contribution in [0, 0.1) is 12.7 Å². The predicted octanol–water partition coefficient (Wildman–Crippen LogP) is 8.01. The molecule has 0 aromatic heterocycles. The molecule has 29 heavy (non-hydrogen) atoms. The quantitative estimate of drug-likeness (QED) is 0.218. The number of hydrogen-bond donors (Lipinski definition) is 0. The highest BCUT2D eigenvalue weighted by Crippen LogP contribution is 2.25. The van der Waals surface area contributed by atoms with Crippen molar-refractivity contribution in [2.75, 3.05) is 5.75 Å². The third-order valence-electron chi connectivity index (χ3n) is 4.35. The van der Waals surface area contributed by atoms with Gasteiger partial charge in [-0.25, -0.2) is 9.38 Å². The van der Waals surface area contributed by atoms with Crippen LogP contribution in [-0.2, 0) is 0 Å². The summed E-state index contributed by atoms with van der Waals surface area (Å²) in [5.74, 6) is 1.16. The Balaban J connectivity index is 1.71. The van der Waals surface area contributed by atoms with Crippen LogP contribution in [-0.4, -0.2) is 10.8 Å². The van der Waals surface area contributed by atoms with Crippen LogP contribution in [0.5, 0.6) is 0 Å². The number of hydrogen-bond acceptors (Lipinski definition) is 3. The highest BCUT2D eigenvalue weighted by atomic mass is 32.2. The van der Waals surface area contributed by atoms with Crippen LogP contribution in [0.2, 0.25) is 0 Å². The van der Waals surface area contributed by atoms with Crippen molar-refractivity contribution in [1.29, 1.82) is 0 Å². The molecule has 0 amide bonds. The minimum absolute atomic E-state index is 0.217. The maximum atomic E-state index is 13.1. The maximum absolute atomic E-state index is 13.1. The van der Waals surface area contributed by atoms with E-state index in [1.165, 1.54) is 23.3 Å². The van der Waals surface area contributed by atoms with Crippen LogP contribution in [0.3, 0.4) is 0 Å². The van der Waals surface area contributed by atoms with Crippen molar-refractivity contribution in [2.45, 2.75) is 24.7 Å². The SMILES string of the molecule is Cc1ccc(N=C(C=CSc2ccc(F)cc2)SCC(C)c2ccccc2)cc1. The molecule has 0 radical (unpaired) electrons. The predicted molar refractivity (Wildman–Crippen MR) is 127 cm³/mol. The largest absolute Gasteiger partial charge is 0.242 e. The Morgan fingerprint density at radius 2 is 1.66 bits per heavy atom. The van der Waals surface area contributed by atoms with Gasteiger partial charge >= 0.3 is 0 Å². The molecule has 0 fully saturated rings. The lowest BCUT2D eigenvalue weighted by Crippen LogP contribution is -1.99. The van der Waals surface area contributed by atoms with Crippen molar-refractivity contribution in [1.82, 2.24) is 0 Å². The van der Waals surface area contributed by atoms with Gasteiger partial charge in [-0.05, 0) is 66.3 Å². The molecule has 0 aliphatic carbocycles. The summed E-state index contributed by atoms with van der Waals surface area (Å²) in [6, 6.07) is 25.3. The number of halogens is 1. The molecule has 3 aromatic rings. The number of benzene rings is 3. The van der Waals surface area contributed by atoms with Gasteiger partial charge in [-0.1, -0.05) is 66.7 Å². The van der Waals surface area contributed by atoms with Crippen molar-refractivity contribution in [3.05, 3.63) is 107 Å². The molecular formula is C25H24FNS2. The molecule has 0 N–H and O–H groups in total. The third-order valence-corrected chi connectivity index (χ3v) is 6.36. The lowest BCUT2D eigenvalue weighted by molar-refractivity contribution is 0.626. The summed E-state index contributed by atoms with van der Waals surface area (Å²) in [7, 11) is 0. The number of aryl methyl sites for hydroxylation is 1. The van der Waals surface area contributed by atoms with E-state index in [2.05, 4.69) is 50.2 Å². The monoisotopic (exact) mass is 421 g/mol. The standard InChI is InChI=1S/C25H24FNS2/c1-19-8-12-23(13-9-19)27-25(16-17-28-24-14-10-22(26)11-15-24)29-18-20(2)21-6-4-3-5-7-21/h3-17,20H,18H2,1-2H3. The van der Waals surface area contributed by atoms with E-state index in [0.717, 1.165) is 21.4 Å². The molecule has 1 nitrogen and oxygen atoms in total. The van der Waals surface area contributed by atoms with Gasteiger partial charge in [0.2, 0.25) is 0 Å². The molecule has 0 saturated carbocycles. The minimum Gasteiger partial charge on any atom is -0.242 e. The zero-order valence-corrected chi connectivity index (χ0v) is 18.2. The molecule has 1 atom stereocenters. The second kappa shape index (κ2) is 11.0. The maximum Gasteiger partial charge on any atom is 0.123 e. The lowest BCUT2D eigenvalue weighted by Gasteiger charge is -2.11. The average Bonchev–Trinajstić information content (AvgIpc) is 2.75. The van der Waals surface area contributed by atoms with E-state index in [-0.39, 0.29) is 5.82 Å². The van der Waals surface area contributed by atoms with E-state index in [0.29, 0.717) is 5.92 Å². The lowest BCUT2D eigenvalue weighted by atomic mass is 10.0. The van der Waals surface area contributed by atoms with Gasteiger partial charge in [-0.2, -0.15) is 0 Å². The molecule has 0 saturated heterocycles. The van der Waals surface area contributed by atoms with E-state index < -0.39 is 0 Å². The molecular weight excluding hydrogens is 397 g/mol. The Kier molecular flexibility index (Phi) is 8.14. The van der Waals surface area contributed by atoms with Crippen LogP contribution in [0.4, 0.5) is 10.1 Å². The van der Waals surface area contributed by atoms with Crippen LogP contribution in [0.25, 0.3) is 0 Å². The van der Waals surface area contributed by atoms with Gasteiger partial charge in [-0.15, -0.1) is 11.8 Å². The molecule has 148 valence electrons. The molecule has 3 aromatic carbocycles. The summed E-state index contributed by atoms with van der Waals surface area (Å²) in [6.07, 6.45) is 2.04. The fourth-order valence-corrected chi connectivity index (χ4v) is 4.32. The van der Waals surface area contributed by atoms with Crippen molar-refractivity contribution in [3.8, 4) is 0 Å². The van der Waals surface area contributed by atoms with E-state index in [4.69, 9.17) is 4.99 Å². The Bertz CT molecular complexity index is 948. The van der Waals surface area contributed by atoms with Gasteiger partial charge in [0, 0.05) is 10.6 Å². The highest BCUT2D eigenvalue weighted by Gasteiger charge is 2.07. The van der Waals surface area contributed by atoms with Crippen molar-refractivity contribution >= 4 is 34.3 Å². The number of aliphatic imine (C=N–C) groups is 1. The topological polar surface area (TPSA) is 12.4 Å². The van der Waals surface area contributed by atoms with Gasteiger partial charge in [0.25, 0.3) is 0 Å². The van der Waals surface area contributed by atoms with Crippen LogP contribution in [0.1, 0.15) is 24.0 Å². The zero-order valence-electron chi connectivity index (χ0n) is 16.6. The summed E-state index contributed by atoms with van der Waals surface area (Å²) in [4.78, 5) is 5.83. The molecule has 4 heteroatoms. The molecule has 0 aliphatic rings. The first-order valence-electron chi connectivity index (χ1n) is 9.52. The van der Waals surface area contributed by atoms with Crippen molar-refractivity contribution in [2.24, 2.45) is 4.99 Å². The summed E-state index contributed by atoms with van der Waals surface area (Å²) >= 11 is 3.31. The van der Waals surface area contributed by atoms with Crippen LogP contribution >= 0.6 is 23.5 Å². The third kappa shape index (κ3) is 7.22. The summed E-state index contributed by atoms with van der Waals surface area (Å²) in [6.45, 7) is 4.31. The van der Waals surface area contributed by atoms with Gasteiger partial charge in [0.15, 0.2) is 0 Å². The molecule has 0 bridgehead atoms. The smallest absolute Gasteiger partial charge is 0.123 e. The average molecular weight is 422 g/mol. The van der Waals surface area contributed by atoms with E-state index in [1.54, 1.807) is 35.7 Å².